The Hall–Kier alpha value is -1.39. The van der Waals surface area contributed by atoms with Crippen molar-refractivity contribution in [2.24, 2.45) is 0 Å². The molecule has 0 aliphatic rings. The highest BCUT2D eigenvalue weighted by Crippen LogP contribution is 2.18. The number of carboxylic acid groups (broad SMARTS) is 1. The van der Waals surface area contributed by atoms with Gasteiger partial charge in [0.25, 0.3) is 0 Å². The topological polar surface area (TPSA) is 55.8 Å². The molecule has 0 saturated heterocycles. The van der Waals surface area contributed by atoms with Crippen molar-refractivity contribution < 1.29 is 19.4 Å². The average Bonchev–Trinajstić information content (AvgIpc) is 2.41. The summed E-state index contributed by atoms with van der Waals surface area (Å²) in [7, 11) is 1.52. The zero-order valence-electron chi connectivity index (χ0n) is 11.6. The predicted molar refractivity (Wildman–Crippen MR) is 73.5 cm³/mol. The van der Waals surface area contributed by atoms with Crippen molar-refractivity contribution in [3.63, 3.8) is 0 Å². The molecule has 0 aliphatic carbocycles. The maximum atomic E-state index is 11.2. The van der Waals surface area contributed by atoms with E-state index in [1.54, 1.807) is 0 Å². The van der Waals surface area contributed by atoms with Crippen molar-refractivity contribution in [1.82, 2.24) is 0 Å². The predicted octanol–water partition coefficient (Wildman–Crippen LogP) is 2.47. The second-order valence-electron chi connectivity index (χ2n) is 4.39. The van der Waals surface area contributed by atoms with Gasteiger partial charge in [0, 0.05) is 20.3 Å². The summed E-state index contributed by atoms with van der Waals surface area (Å²) in [4.78, 5) is 11.2. The Balaban J connectivity index is 2.66. The lowest BCUT2D eigenvalue weighted by molar-refractivity contribution is -0.140. The van der Waals surface area contributed by atoms with Gasteiger partial charge in [-0.25, -0.2) is 0 Å². The molecule has 1 N–H and O–H groups in total. The molecule has 4 heteroatoms. The van der Waals surface area contributed by atoms with Gasteiger partial charge in [-0.1, -0.05) is 24.3 Å². The van der Waals surface area contributed by atoms with E-state index in [1.165, 1.54) is 7.11 Å². The summed E-state index contributed by atoms with van der Waals surface area (Å²) in [6.07, 6.45) is 1.84. The van der Waals surface area contributed by atoms with Crippen LogP contribution in [0.2, 0.25) is 0 Å². The van der Waals surface area contributed by atoms with Gasteiger partial charge in [0.1, 0.15) is 5.92 Å². The molecule has 0 amide bonds. The number of carboxylic acids is 1. The molecule has 0 radical (unpaired) electrons. The van der Waals surface area contributed by atoms with Gasteiger partial charge in [-0.2, -0.15) is 0 Å². The molecule has 1 unspecified atom stereocenters. The van der Waals surface area contributed by atoms with Crippen LogP contribution in [0.25, 0.3) is 0 Å². The fraction of sp³-hybridized carbons (Fsp3) is 0.533. The summed E-state index contributed by atoms with van der Waals surface area (Å²) >= 11 is 0. The Morgan fingerprint density at radius 3 is 2.84 bits per heavy atom. The fourth-order valence-corrected chi connectivity index (χ4v) is 1.96. The molecule has 106 valence electrons. The lowest BCUT2D eigenvalue weighted by atomic mass is 9.97. The molecule has 1 rings (SSSR count). The van der Waals surface area contributed by atoms with E-state index >= 15 is 0 Å². The van der Waals surface area contributed by atoms with E-state index in [4.69, 9.17) is 9.47 Å². The Morgan fingerprint density at radius 2 is 2.21 bits per heavy atom. The molecule has 1 atom stereocenters. The van der Waals surface area contributed by atoms with Crippen LogP contribution < -0.4 is 0 Å². The second kappa shape index (κ2) is 8.67. The van der Waals surface area contributed by atoms with E-state index in [9.17, 15) is 9.90 Å². The molecule has 4 nitrogen and oxygen atoms in total. The van der Waals surface area contributed by atoms with Crippen LogP contribution in [0, 0.1) is 0 Å². The number of rotatable bonds is 9. The average molecular weight is 266 g/mol. The Bertz CT molecular complexity index is 389. The molecule has 0 spiro atoms. The number of ether oxygens (including phenoxy) is 2. The monoisotopic (exact) mass is 266 g/mol. The zero-order chi connectivity index (χ0) is 14.1. The van der Waals surface area contributed by atoms with Crippen LogP contribution >= 0.6 is 0 Å². The third-order valence-corrected chi connectivity index (χ3v) is 2.94. The van der Waals surface area contributed by atoms with Gasteiger partial charge in [-0.15, -0.1) is 0 Å². The molecule has 0 heterocycles. The maximum absolute atomic E-state index is 11.2. The van der Waals surface area contributed by atoms with Gasteiger partial charge >= 0.3 is 5.97 Å². The van der Waals surface area contributed by atoms with E-state index in [1.807, 2.05) is 31.2 Å². The molecule has 0 bridgehead atoms. The van der Waals surface area contributed by atoms with E-state index < -0.39 is 11.9 Å². The third-order valence-electron chi connectivity index (χ3n) is 2.94. The number of hydrogen-bond donors (Lipinski definition) is 1. The minimum Gasteiger partial charge on any atom is -0.481 e. The van der Waals surface area contributed by atoms with E-state index in [-0.39, 0.29) is 6.61 Å². The minimum atomic E-state index is -0.853. The number of benzene rings is 1. The van der Waals surface area contributed by atoms with E-state index in [0.29, 0.717) is 0 Å². The van der Waals surface area contributed by atoms with Crippen molar-refractivity contribution >= 4 is 5.97 Å². The Kier molecular flexibility index (Phi) is 7.15. The number of hydrogen-bond acceptors (Lipinski definition) is 3. The Labute approximate surface area is 114 Å². The molecular formula is C15H22O4. The quantitative estimate of drug-likeness (QED) is 0.698. The fourth-order valence-electron chi connectivity index (χ4n) is 1.96. The van der Waals surface area contributed by atoms with Crippen molar-refractivity contribution in [1.29, 1.82) is 0 Å². The number of aliphatic carboxylic acids is 1. The number of carbonyl (C=O) groups is 1. The first-order chi connectivity index (χ1) is 9.19. The normalized spacial score (nSPS) is 12.3. The van der Waals surface area contributed by atoms with Crippen molar-refractivity contribution in [3.8, 4) is 0 Å². The molecule has 0 fully saturated rings. The lowest BCUT2D eigenvalue weighted by Gasteiger charge is -2.13. The van der Waals surface area contributed by atoms with Gasteiger partial charge in [0.15, 0.2) is 0 Å². The van der Waals surface area contributed by atoms with Gasteiger partial charge in [-0.3, -0.25) is 4.79 Å². The Morgan fingerprint density at radius 1 is 1.42 bits per heavy atom. The smallest absolute Gasteiger partial charge is 0.313 e. The molecule has 19 heavy (non-hydrogen) atoms. The van der Waals surface area contributed by atoms with Crippen LogP contribution in [-0.4, -0.2) is 38.0 Å². The first-order valence-electron chi connectivity index (χ1n) is 6.57. The first kappa shape index (κ1) is 15.7. The van der Waals surface area contributed by atoms with Gasteiger partial charge in [0.2, 0.25) is 0 Å². The summed E-state index contributed by atoms with van der Waals surface area (Å²) in [5.41, 5.74) is 1.93. The van der Waals surface area contributed by atoms with Crippen LogP contribution in [0.15, 0.2) is 24.3 Å². The summed E-state index contributed by atoms with van der Waals surface area (Å²) in [5, 5.41) is 9.19. The summed E-state index contributed by atoms with van der Waals surface area (Å²) in [5.74, 6) is -1.45. The van der Waals surface area contributed by atoms with Gasteiger partial charge in [-0.05, 0) is 30.9 Å². The zero-order valence-corrected chi connectivity index (χ0v) is 11.6. The van der Waals surface area contributed by atoms with Crippen molar-refractivity contribution in [3.05, 3.63) is 35.4 Å². The molecule has 0 saturated carbocycles. The standard InChI is InChI=1S/C15H22O4/c1-3-19-9-5-7-12-6-4-8-13(10-12)14(11-18-2)15(16)17/h4,6,8,10,14H,3,5,7,9,11H2,1-2H3,(H,16,17). The SMILES string of the molecule is CCOCCCc1cccc(C(COC)C(=O)O)c1. The molecule has 0 aromatic heterocycles. The van der Waals surface area contributed by atoms with Crippen LogP contribution in [0.5, 0.6) is 0 Å². The first-order valence-corrected chi connectivity index (χ1v) is 6.57. The van der Waals surface area contributed by atoms with Crippen LogP contribution in [-0.2, 0) is 20.7 Å². The molecule has 1 aromatic rings. The van der Waals surface area contributed by atoms with Gasteiger partial charge < -0.3 is 14.6 Å². The van der Waals surface area contributed by atoms with Gasteiger partial charge in [0.05, 0.1) is 6.61 Å². The highest BCUT2D eigenvalue weighted by atomic mass is 16.5. The minimum absolute atomic E-state index is 0.192. The van der Waals surface area contributed by atoms with Crippen molar-refractivity contribution in [2.75, 3.05) is 26.9 Å². The summed E-state index contributed by atoms with van der Waals surface area (Å²) < 4.78 is 10.3. The van der Waals surface area contributed by atoms with Crippen LogP contribution in [0.4, 0.5) is 0 Å². The molecular weight excluding hydrogens is 244 g/mol. The highest BCUT2D eigenvalue weighted by molar-refractivity contribution is 5.76. The molecule has 1 aromatic carbocycles. The lowest BCUT2D eigenvalue weighted by Crippen LogP contribution is -2.17. The summed E-state index contributed by atoms with van der Waals surface area (Å²) in [6.45, 7) is 3.64. The largest absolute Gasteiger partial charge is 0.481 e. The number of methoxy groups -OCH3 is 1. The van der Waals surface area contributed by atoms with Crippen LogP contribution in [0.3, 0.4) is 0 Å². The third kappa shape index (κ3) is 5.41. The second-order valence-corrected chi connectivity index (χ2v) is 4.39. The van der Waals surface area contributed by atoms with E-state index in [2.05, 4.69) is 0 Å². The van der Waals surface area contributed by atoms with Crippen LogP contribution in [0.1, 0.15) is 30.4 Å². The number of aryl methyl sites for hydroxylation is 1. The van der Waals surface area contributed by atoms with Crippen molar-refractivity contribution in [2.45, 2.75) is 25.7 Å². The maximum Gasteiger partial charge on any atom is 0.313 e. The molecule has 0 aliphatic heterocycles. The highest BCUT2D eigenvalue weighted by Gasteiger charge is 2.19. The van der Waals surface area contributed by atoms with E-state index in [0.717, 1.165) is 37.2 Å². The summed E-state index contributed by atoms with van der Waals surface area (Å²) in [6, 6.07) is 7.70.